The quantitative estimate of drug-likeness (QED) is 0.381. The van der Waals surface area contributed by atoms with Crippen LogP contribution in [0.5, 0.6) is 0 Å². The maximum atomic E-state index is 2.26. The highest BCUT2D eigenvalue weighted by Crippen LogP contribution is 2.16. The summed E-state index contributed by atoms with van der Waals surface area (Å²) in [4.78, 5) is 0. The van der Waals surface area contributed by atoms with Gasteiger partial charge in [-0.3, -0.25) is 0 Å². The van der Waals surface area contributed by atoms with Crippen LogP contribution in [0.25, 0.3) is 21.5 Å². The summed E-state index contributed by atoms with van der Waals surface area (Å²) >= 11 is 0. The summed E-state index contributed by atoms with van der Waals surface area (Å²) in [6.07, 6.45) is 2.23. The summed E-state index contributed by atoms with van der Waals surface area (Å²) in [6, 6.07) is 30.2. The average molecular weight is 312 g/mol. The van der Waals surface area contributed by atoms with E-state index in [0.717, 1.165) is 12.8 Å². The molecule has 0 fully saturated rings. The lowest BCUT2D eigenvalue weighted by molar-refractivity contribution is 1.15. The molecule has 4 aromatic rings. The Kier molecular flexibility index (Phi) is 5.28. The topological polar surface area (TPSA) is 0 Å². The molecule has 4 aromatic carbocycles. The molecule has 0 saturated heterocycles. The minimum Gasteiger partial charge on any atom is -0.0616 e. The van der Waals surface area contributed by atoms with Crippen molar-refractivity contribution >= 4 is 21.5 Å². The zero-order valence-electron chi connectivity index (χ0n) is 14.5. The lowest BCUT2D eigenvalue weighted by Gasteiger charge is -1.99. The summed E-state index contributed by atoms with van der Waals surface area (Å²) in [5, 5.41) is 5.35. The molecule has 0 atom stereocenters. The average Bonchev–Trinajstić information content (AvgIpc) is 2.67. The zero-order valence-corrected chi connectivity index (χ0v) is 14.5. The van der Waals surface area contributed by atoms with E-state index in [1.54, 1.807) is 0 Å². The standard InChI is InChI=1S/2C12H12/c2*1-2-10-7-8-11-5-3-4-6-12(11)9-10/h2*3-9H,2H2,1H3. The summed E-state index contributed by atoms with van der Waals surface area (Å²) < 4.78 is 0. The third-order valence-electron chi connectivity index (χ3n) is 4.44. The fraction of sp³-hybridized carbons (Fsp3) is 0.167. The van der Waals surface area contributed by atoms with Crippen molar-refractivity contribution in [2.45, 2.75) is 26.7 Å². The molecule has 4 rings (SSSR count). The lowest BCUT2D eigenvalue weighted by atomic mass is 10.1. The fourth-order valence-corrected chi connectivity index (χ4v) is 2.92. The molecule has 0 heteroatoms. The van der Waals surface area contributed by atoms with Crippen LogP contribution in [0.3, 0.4) is 0 Å². The van der Waals surface area contributed by atoms with Gasteiger partial charge in [0.2, 0.25) is 0 Å². The molecule has 0 bridgehead atoms. The van der Waals surface area contributed by atoms with Crippen molar-refractivity contribution in [1.29, 1.82) is 0 Å². The Morgan fingerprint density at radius 1 is 0.458 bits per heavy atom. The summed E-state index contributed by atoms with van der Waals surface area (Å²) in [7, 11) is 0. The number of benzene rings is 4. The molecule has 24 heavy (non-hydrogen) atoms. The maximum absolute atomic E-state index is 2.26. The minimum atomic E-state index is 1.12. The van der Waals surface area contributed by atoms with Gasteiger partial charge < -0.3 is 0 Å². The normalized spacial score (nSPS) is 10.4. The number of aryl methyl sites for hydroxylation is 2. The van der Waals surface area contributed by atoms with Gasteiger partial charge in [-0.25, -0.2) is 0 Å². The Morgan fingerprint density at radius 3 is 1.21 bits per heavy atom. The molecule has 0 aliphatic carbocycles. The number of hydrogen-bond donors (Lipinski definition) is 0. The first-order valence-corrected chi connectivity index (χ1v) is 8.75. The van der Waals surface area contributed by atoms with Gasteiger partial charge in [-0.05, 0) is 45.5 Å². The van der Waals surface area contributed by atoms with Crippen molar-refractivity contribution < 1.29 is 0 Å². The van der Waals surface area contributed by atoms with Crippen molar-refractivity contribution in [3.8, 4) is 0 Å². The predicted octanol–water partition coefficient (Wildman–Crippen LogP) is 6.80. The Bertz CT molecular complexity index is 855. The highest BCUT2D eigenvalue weighted by Gasteiger charge is 1.93. The molecule has 0 radical (unpaired) electrons. The Balaban J connectivity index is 0.000000141. The molecule has 0 N–H and O–H groups in total. The van der Waals surface area contributed by atoms with Crippen LogP contribution in [-0.2, 0) is 12.8 Å². The van der Waals surface area contributed by atoms with Gasteiger partial charge in [0.15, 0.2) is 0 Å². The smallest absolute Gasteiger partial charge is 0.0181 e. The van der Waals surface area contributed by atoms with Gasteiger partial charge in [0.1, 0.15) is 0 Å². The van der Waals surface area contributed by atoms with Crippen molar-refractivity contribution in [2.24, 2.45) is 0 Å². The Labute approximate surface area is 144 Å². The van der Waals surface area contributed by atoms with Gasteiger partial charge in [-0.15, -0.1) is 0 Å². The van der Waals surface area contributed by atoms with Gasteiger partial charge in [0, 0.05) is 0 Å². The first kappa shape index (κ1) is 16.3. The first-order chi connectivity index (χ1) is 11.8. The van der Waals surface area contributed by atoms with Crippen molar-refractivity contribution in [2.75, 3.05) is 0 Å². The van der Waals surface area contributed by atoms with Crippen LogP contribution in [0.1, 0.15) is 25.0 Å². The molecule has 0 aromatic heterocycles. The van der Waals surface area contributed by atoms with Gasteiger partial charge >= 0.3 is 0 Å². The van der Waals surface area contributed by atoms with Crippen molar-refractivity contribution in [3.05, 3.63) is 96.1 Å². The third-order valence-corrected chi connectivity index (χ3v) is 4.44. The van der Waals surface area contributed by atoms with Gasteiger partial charge in [-0.1, -0.05) is 98.8 Å². The zero-order chi connectivity index (χ0) is 16.8. The van der Waals surface area contributed by atoms with Crippen LogP contribution in [0.15, 0.2) is 84.9 Å². The van der Waals surface area contributed by atoms with Crippen LogP contribution in [0.4, 0.5) is 0 Å². The molecule has 0 spiro atoms. The van der Waals surface area contributed by atoms with Crippen LogP contribution in [-0.4, -0.2) is 0 Å². The highest BCUT2D eigenvalue weighted by molar-refractivity contribution is 5.83. The molecule has 0 saturated carbocycles. The van der Waals surface area contributed by atoms with Gasteiger partial charge in [-0.2, -0.15) is 0 Å². The molecular formula is C24H24. The van der Waals surface area contributed by atoms with E-state index in [-0.39, 0.29) is 0 Å². The molecule has 0 aliphatic rings. The predicted molar refractivity (Wildman–Crippen MR) is 107 cm³/mol. The van der Waals surface area contributed by atoms with Crippen molar-refractivity contribution in [3.63, 3.8) is 0 Å². The van der Waals surface area contributed by atoms with Crippen LogP contribution >= 0.6 is 0 Å². The Hall–Kier alpha value is -2.60. The van der Waals surface area contributed by atoms with E-state index < -0.39 is 0 Å². The summed E-state index contributed by atoms with van der Waals surface area (Å²) in [5.74, 6) is 0. The summed E-state index contributed by atoms with van der Waals surface area (Å²) in [5.41, 5.74) is 2.82. The van der Waals surface area contributed by atoms with Gasteiger partial charge in [0.25, 0.3) is 0 Å². The molecule has 0 heterocycles. The van der Waals surface area contributed by atoms with Crippen LogP contribution in [0, 0.1) is 0 Å². The molecular weight excluding hydrogens is 288 g/mol. The van der Waals surface area contributed by atoms with Crippen LogP contribution in [0.2, 0.25) is 0 Å². The SMILES string of the molecule is CCc1ccc2ccccc2c1.CCc1ccc2ccccc2c1. The second-order valence-corrected chi connectivity index (χ2v) is 6.07. The monoisotopic (exact) mass is 312 g/mol. The van der Waals surface area contributed by atoms with E-state index in [0.29, 0.717) is 0 Å². The van der Waals surface area contributed by atoms with Crippen molar-refractivity contribution in [1.82, 2.24) is 0 Å². The largest absolute Gasteiger partial charge is 0.0616 e. The maximum Gasteiger partial charge on any atom is -0.0181 e. The van der Waals surface area contributed by atoms with E-state index in [1.807, 2.05) is 0 Å². The van der Waals surface area contributed by atoms with Crippen LogP contribution < -0.4 is 0 Å². The Morgan fingerprint density at radius 2 is 0.833 bits per heavy atom. The van der Waals surface area contributed by atoms with E-state index in [2.05, 4.69) is 98.8 Å². The van der Waals surface area contributed by atoms with Gasteiger partial charge in [0.05, 0.1) is 0 Å². The third kappa shape index (κ3) is 3.83. The molecule has 0 nitrogen and oxygen atoms in total. The molecule has 120 valence electrons. The second kappa shape index (κ2) is 7.79. The van der Waals surface area contributed by atoms with E-state index >= 15 is 0 Å². The first-order valence-electron chi connectivity index (χ1n) is 8.75. The molecule has 0 amide bonds. The summed E-state index contributed by atoms with van der Waals surface area (Å²) in [6.45, 7) is 4.37. The molecule has 0 aliphatic heterocycles. The highest BCUT2D eigenvalue weighted by atomic mass is 14.0. The second-order valence-electron chi connectivity index (χ2n) is 6.07. The lowest BCUT2D eigenvalue weighted by Crippen LogP contribution is -1.79. The molecule has 0 unspecified atom stereocenters. The van der Waals surface area contributed by atoms with E-state index in [1.165, 1.54) is 32.7 Å². The van der Waals surface area contributed by atoms with E-state index in [4.69, 9.17) is 0 Å². The number of hydrogen-bond acceptors (Lipinski definition) is 0. The number of rotatable bonds is 2. The fourth-order valence-electron chi connectivity index (χ4n) is 2.92. The van der Waals surface area contributed by atoms with E-state index in [9.17, 15) is 0 Å². The minimum absolute atomic E-state index is 1.12. The number of fused-ring (bicyclic) bond motifs is 2.